The fourth-order valence-electron chi connectivity index (χ4n) is 8.23. The van der Waals surface area contributed by atoms with E-state index in [0.29, 0.717) is 72.1 Å². The Balaban J connectivity index is 1.06. The number of imidazole rings is 1. The van der Waals surface area contributed by atoms with Gasteiger partial charge in [-0.3, -0.25) is 19.5 Å². The van der Waals surface area contributed by atoms with Crippen LogP contribution in [-0.2, 0) is 44.4 Å². The molecule has 2 aromatic heterocycles. The molecule has 2 aliphatic heterocycles. The Bertz CT molecular complexity index is 2490. The fourth-order valence-corrected chi connectivity index (χ4v) is 8.76. The molecule has 0 bridgehead atoms. The molecule has 0 radical (unpaired) electrons. The second-order valence-electron chi connectivity index (χ2n) is 15.0. The maximum atomic E-state index is 16.8. The van der Waals surface area contributed by atoms with Crippen molar-refractivity contribution in [3.8, 4) is 28.7 Å². The van der Waals surface area contributed by atoms with Gasteiger partial charge in [-0.2, -0.15) is 9.65 Å². The number of ether oxygens (including phenoxy) is 2. The molecule has 12 nitrogen and oxygen atoms in total. The van der Waals surface area contributed by atoms with Gasteiger partial charge >= 0.3 is 5.97 Å². The summed E-state index contributed by atoms with van der Waals surface area (Å²) in [4.78, 5) is 38.0. The lowest BCUT2D eigenvalue weighted by Gasteiger charge is -2.23. The van der Waals surface area contributed by atoms with Crippen LogP contribution in [0.5, 0.6) is 11.5 Å². The number of carboxylic acid groups (broad SMARTS) is 1. The third-order valence-electron chi connectivity index (χ3n) is 11.2. The molecule has 0 spiro atoms. The third kappa shape index (κ3) is 7.73. The van der Waals surface area contributed by atoms with Crippen LogP contribution in [0.25, 0.3) is 11.1 Å². The molecule has 3 aliphatic rings. The van der Waals surface area contributed by atoms with Gasteiger partial charge in [0, 0.05) is 74.4 Å². The Morgan fingerprint density at radius 3 is 2.66 bits per heavy atom. The first-order valence-electron chi connectivity index (χ1n) is 19.0. The summed E-state index contributed by atoms with van der Waals surface area (Å²) in [6.45, 7) is 2.54. The number of amides is 1. The number of aliphatic carboxylic acids is 1. The first-order valence-corrected chi connectivity index (χ1v) is 19.8. The normalized spacial score (nSPS) is 17.7. The molecule has 3 aromatic carbocycles. The van der Waals surface area contributed by atoms with Crippen molar-refractivity contribution in [2.75, 3.05) is 32.0 Å². The van der Waals surface area contributed by atoms with E-state index in [2.05, 4.69) is 20.2 Å². The van der Waals surface area contributed by atoms with E-state index in [9.17, 15) is 20.0 Å². The zero-order valence-corrected chi connectivity index (χ0v) is 33.4. The number of fused-ring (bicyclic) bond motifs is 2. The smallest absolute Gasteiger partial charge is 0.307 e. The molecule has 2 unspecified atom stereocenters. The number of likely N-dealkylation sites (tertiary alicyclic amines) is 1. The van der Waals surface area contributed by atoms with Gasteiger partial charge in [0.05, 0.1) is 32.9 Å². The number of nitrogens with one attached hydrogen (secondary N) is 1. The number of anilines is 1. The lowest BCUT2D eigenvalue weighted by atomic mass is 9.96. The Kier molecular flexibility index (Phi) is 11.1. The molecule has 1 fully saturated rings. The van der Waals surface area contributed by atoms with E-state index < -0.39 is 23.8 Å². The van der Waals surface area contributed by atoms with Gasteiger partial charge < -0.3 is 29.4 Å². The highest BCUT2D eigenvalue weighted by Crippen LogP contribution is 2.46. The van der Waals surface area contributed by atoms with Crippen LogP contribution in [0.3, 0.4) is 0 Å². The second-order valence-corrected chi connectivity index (χ2v) is 15.8. The molecule has 298 valence electrons. The summed E-state index contributed by atoms with van der Waals surface area (Å²) in [7, 11) is 3.89. The Morgan fingerprint density at radius 2 is 1.86 bits per heavy atom. The average molecular weight is 825 g/mol. The Hall–Kier alpha value is -5.52. The van der Waals surface area contributed by atoms with Crippen molar-refractivity contribution >= 4 is 40.8 Å². The van der Waals surface area contributed by atoms with Crippen molar-refractivity contribution < 1.29 is 28.6 Å². The minimum Gasteiger partial charge on any atom is -0.485 e. The van der Waals surface area contributed by atoms with Gasteiger partial charge in [-0.25, -0.2) is 4.98 Å². The molecule has 0 saturated carbocycles. The predicted molar refractivity (Wildman–Crippen MR) is 215 cm³/mol. The molecule has 1 saturated heterocycles. The number of aromatic nitrogens is 3. The summed E-state index contributed by atoms with van der Waals surface area (Å²) in [5, 5.41) is 22.3. The maximum Gasteiger partial charge on any atom is 0.307 e. The second kappa shape index (κ2) is 16.4. The zero-order valence-electron chi connectivity index (χ0n) is 31.9. The highest BCUT2D eigenvalue weighted by Gasteiger charge is 2.33. The molecule has 8 rings (SSSR count). The number of carbonyl (C=O) groups is 2. The van der Waals surface area contributed by atoms with Crippen molar-refractivity contribution in [1.82, 2.24) is 24.3 Å². The highest BCUT2D eigenvalue weighted by molar-refractivity contribution is 6.36. The number of hydrogen-bond acceptors (Lipinski definition) is 9. The lowest BCUT2D eigenvalue weighted by molar-refractivity contribution is -0.141. The molecular weight excluding hydrogens is 784 g/mol. The van der Waals surface area contributed by atoms with Gasteiger partial charge in [-0.1, -0.05) is 53.5 Å². The summed E-state index contributed by atoms with van der Waals surface area (Å²) in [5.41, 5.74) is 7.18. The van der Waals surface area contributed by atoms with Gasteiger partial charge in [0.25, 0.3) is 5.91 Å². The molecule has 2 atom stereocenters. The quantitative estimate of drug-likeness (QED) is 0.137. The number of carboxylic acids is 1. The van der Waals surface area contributed by atoms with Crippen LogP contribution in [0.15, 0.2) is 60.9 Å². The molecule has 58 heavy (non-hydrogen) atoms. The van der Waals surface area contributed by atoms with E-state index in [1.165, 1.54) is 12.4 Å². The van der Waals surface area contributed by atoms with Crippen LogP contribution in [0.1, 0.15) is 68.8 Å². The van der Waals surface area contributed by atoms with Crippen LogP contribution >= 0.6 is 23.2 Å². The van der Waals surface area contributed by atoms with Crippen LogP contribution in [-0.4, -0.2) is 68.0 Å². The minimum atomic E-state index is -0.870. The Morgan fingerprint density at radius 1 is 1.05 bits per heavy atom. The average Bonchev–Trinajstić information content (AvgIpc) is 3.94. The molecule has 1 amide bonds. The number of carbonyl (C=O) groups excluding carboxylic acids is 1. The largest absolute Gasteiger partial charge is 0.485 e. The monoisotopic (exact) mass is 823 g/mol. The van der Waals surface area contributed by atoms with Crippen molar-refractivity contribution in [3.05, 3.63) is 122 Å². The summed E-state index contributed by atoms with van der Waals surface area (Å²) in [6, 6.07) is 16.6. The van der Waals surface area contributed by atoms with Crippen molar-refractivity contribution in [3.63, 3.8) is 0 Å². The third-order valence-corrected chi connectivity index (χ3v) is 11.9. The summed E-state index contributed by atoms with van der Waals surface area (Å²) in [5.74, 6) is -2.43. The number of likely N-dealkylation sites (N-methyl/N-ethyl adjacent to an activating group) is 1. The first-order chi connectivity index (χ1) is 28.0. The molecule has 1 aliphatic carbocycles. The van der Waals surface area contributed by atoms with E-state index in [0.717, 1.165) is 46.6 Å². The molecule has 4 heterocycles. The number of hydrogen-bond donors (Lipinski definition) is 2. The predicted octanol–water partition coefficient (Wildman–Crippen LogP) is 7.59. The molecule has 5 aromatic rings. The number of pyridine rings is 1. The minimum absolute atomic E-state index is 0.0543. The van der Waals surface area contributed by atoms with Crippen LogP contribution in [0.4, 0.5) is 10.1 Å². The highest BCUT2D eigenvalue weighted by atomic mass is 35.5. The van der Waals surface area contributed by atoms with E-state index in [-0.39, 0.29) is 35.6 Å². The number of halogens is 3. The van der Waals surface area contributed by atoms with Gasteiger partial charge in [-0.05, 0) is 67.7 Å². The molecular formula is C43H40Cl2FN7O5. The number of nitrogens with zero attached hydrogens (tertiary/aromatic N) is 6. The Labute approximate surface area is 344 Å². The van der Waals surface area contributed by atoms with Gasteiger partial charge in [0.15, 0.2) is 17.3 Å². The van der Waals surface area contributed by atoms with Gasteiger partial charge in [0.1, 0.15) is 18.8 Å². The van der Waals surface area contributed by atoms with E-state index in [4.69, 9.17) is 32.7 Å². The molecule has 15 heteroatoms. The van der Waals surface area contributed by atoms with Crippen LogP contribution in [0, 0.1) is 23.1 Å². The summed E-state index contributed by atoms with van der Waals surface area (Å²) >= 11 is 13.8. The van der Waals surface area contributed by atoms with Crippen LogP contribution in [0.2, 0.25) is 10.0 Å². The van der Waals surface area contributed by atoms with Gasteiger partial charge in [-0.15, -0.1) is 0 Å². The van der Waals surface area contributed by atoms with Crippen LogP contribution < -0.4 is 14.8 Å². The van der Waals surface area contributed by atoms with Crippen molar-refractivity contribution in [1.29, 1.82) is 5.26 Å². The van der Waals surface area contributed by atoms with E-state index in [1.807, 2.05) is 60.0 Å². The fraction of sp³-hybridized carbons (Fsp3) is 0.326. The lowest BCUT2D eigenvalue weighted by Crippen LogP contribution is -2.27. The summed E-state index contributed by atoms with van der Waals surface area (Å²) in [6.07, 6.45) is 4.85. The number of rotatable bonds is 11. The van der Waals surface area contributed by atoms with E-state index >= 15 is 4.39 Å². The standard InChI is InChI=1S/C43H40Cl2FN7O5/c1-51-13-12-35-34(22-51)49-41(52(35)2)42(54)50-33-8-4-7-31(37(33)45)28-5-3-6-30-29(28)9-10-36(30)58-40-32(44)16-27(21-53-14-11-26(20-53)43(55)56)39(38(40)46)57-23-25-15-24(17-47)18-48-19-25/h3-8,15-16,18-19,26,36H,9-14,20-23H2,1-2H3,(H,50,54)(H,55,56). The van der Waals surface area contributed by atoms with Crippen molar-refractivity contribution in [2.45, 2.75) is 51.5 Å². The maximum absolute atomic E-state index is 16.8. The van der Waals surface area contributed by atoms with E-state index in [1.54, 1.807) is 18.2 Å². The first kappa shape index (κ1) is 39.3. The molecule has 2 N–H and O–H groups in total. The summed E-state index contributed by atoms with van der Waals surface area (Å²) < 4.78 is 31.1. The number of nitriles is 1. The number of benzene rings is 3. The zero-order chi connectivity index (χ0) is 40.7. The SMILES string of the molecule is CN1CCc2c(nc(C(=O)Nc3cccc(-c4cccc5c4CCC5Oc4c(Cl)cc(CN5CCC(C(=O)O)C5)c(OCc5cncc(C#N)c5)c4F)c3Cl)n2C)C1. The van der Waals surface area contributed by atoms with Gasteiger partial charge in [0.2, 0.25) is 5.82 Å². The van der Waals surface area contributed by atoms with Crippen molar-refractivity contribution in [2.24, 2.45) is 13.0 Å². The topological polar surface area (TPSA) is 146 Å².